The Labute approximate surface area is 107 Å². The van der Waals surface area contributed by atoms with Crippen LogP contribution in [0.15, 0.2) is 36.3 Å². The van der Waals surface area contributed by atoms with Crippen molar-refractivity contribution >= 4 is 5.91 Å². The zero-order chi connectivity index (χ0) is 13.2. The molecule has 0 aromatic carbocycles. The average Bonchev–Trinajstić information content (AvgIpc) is 2.42. The molecule has 1 heterocycles. The van der Waals surface area contributed by atoms with Crippen LogP contribution in [-0.2, 0) is 11.3 Å². The Kier molecular flexibility index (Phi) is 5.98. The Bertz CT molecular complexity index is 448. The van der Waals surface area contributed by atoms with Gasteiger partial charge in [-0.25, -0.2) is 0 Å². The van der Waals surface area contributed by atoms with Crippen LogP contribution in [0.1, 0.15) is 18.9 Å². The van der Waals surface area contributed by atoms with E-state index in [1.165, 1.54) is 6.20 Å². The molecule has 0 aliphatic heterocycles. The molecule has 5 nitrogen and oxygen atoms in total. The van der Waals surface area contributed by atoms with Crippen LogP contribution in [0.4, 0.5) is 0 Å². The van der Waals surface area contributed by atoms with E-state index in [9.17, 15) is 4.79 Å². The normalized spacial score (nSPS) is 10.6. The van der Waals surface area contributed by atoms with Crippen LogP contribution in [0.2, 0.25) is 0 Å². The molecular weight excluding hydrogens is 228 g/mol. The highest BCUT2D eigenvalue weighted by molar-refractivity contribution is 5.97. The molecule has 0 atom stereocenters. The minimum absolute atomic E-state index is 0.0762. The van der Waals surface area contributed by atoms with Gasteiger partial charge in [0.05, 0.1) is 0 Å². The number of nitriles is 1. The highest BCUT2D eigenvalue weighted by Gasteiger charge is 2.06. The molecule has 94 valence electrons. The molecule has 0 aliphatic carbocycles. The van der Waals surface area contributed by atoms with Crippen molar-refractivity contribution in [1.82, 2.24) is 15.6 Å². The third kappa shape index (κ3) is 4.66. The van der Waals surface area contributed by atoms with E-state index in [0.29, 0.717) is 13.1 Å². The van der Waals surface area contributed by atoms with Crippen LogP contribution in [0.3, 0.4) is 0 Å². The van der Waals surface area contributed by atoms with Gasteiger partial charge in [0.2, 0.25) is 0 Å². The van der Waals surface area contributed by atoms with E-state index in [0.717, 1.165) is 12.0 Å². The van der Waals surface area contributed by atoms with Gasteiger partial charge in [0.15, 0.2) is 0 Å². The Balaban J connectivity index is 2.48. The van der Waals surface area contributed by atoms with Gasteiger partial charge in [-0.3, -0.25) is 9.78 Å². The Morgan fingerprint density at radius 3 is 3.06 bits per heavy atom. The molecule has 0 bridgehead atoms. The van der Waals surface area contributed by atoms with Gasteiger partial charge in [0.25, 0.3) is 5.91 Å². The number of carbonyl (C=O) groups is 1. The second kappa shape index (κ2) is 7.85. The standard InChI is InChI=1S/C13H16N4O/c1-2-5-17-13(18)12(7-14)10-16-9-11-4-3-6-15-8-11/h3-4,6,8,10,16H,2,5,9H2,1H3,(H,17,18)/b12-10-. The van der Waals surface area contributed by atoms with Gasteiger partial charge in [0, 0.05) is 31.7 Å². The summed E-state index contributed by atoms with van der Waals surface area (Å²) in [4.78, 5) is 15.5. The number of hydrogen-bond acceptors (Lipinski definition) is 4. The molecule has 0 saturated heterocycles. The van der Waals surface area contributed by atoms with E-state index < -0.39 is 0 Å². The van der Waals surface area contributed by atoms with Crippen molar-refractivity contribution < 1.29 is 4.79 Å². The average molecular weight is 244 g/mol. The van der Waals surface area contributed by atoms with Crippen LogP contribution >= 0.6 is 0 Å². The highest BCUT2D eigenvalue weighted by atomic mass is 16.1. The molecule has 1 aromatic rings. The van der Waals surface area contributed by atoms with Crippen LogP contribution in [0, 0.1) is 11.3 Å². The summed E-state index contributed by atoms with van der Waals surface area (Å²) < 4.78 is 0. The van der Waals surface area contributed by atoms with Gasteiger partial charge in [-0.2, -0.15) is 5.26 Å². The van der Waals surface area contributed by atoms with Crippen LogP contribution < -0.4 is 10.6 Å². The number of amides is 1. The van der Waals surface area contributed by atoms with Gasteiger partial charge in [0.1, 0.15) is 11.6 Å². The lowest BCUT2D eigenvalue weighted by molar-refractivity contribution is -0.117. The van der Waals surface area contributed by atoms with E-state index in [4.69, 9.17) is 5.26 Å². The van der Waals surface area contributed by atoms with E-state index in [-0.39, 0.29) is 11.5 Å². The summed E-state index contributed by atoms with van der Waals surface area (Å²) >= 11 is 0. The third-order valence-electron chi connectivity index (χ3n) is 2.18. The SMILES string of the molecule is CCCNC(=O)/C(C#N)=C\NCc1cccnc1. The van der Waals surface area contributed by atoms with Crippen molar-refractivity contribution in [2.75, 3.05) is 6.54 Å². The van der Waals surface area contributed by atoms with Gasteiger partial charge in [-0.05, 0) is 18.1 Å². The first kappa shape index (κ1) is 13.7. The first-order chi connectivity index (χ1) is 8.77. The molecule has 0 saturated carbocycles. The van der Waals surface area contributed by atoms with Crippen molar-refractivity contribution in [3.63, 3.8) is 0 Å². The van der Waals surface area contributed by atoms with E-state index in [2.05, 4.69) is 15.6 Å². The fourth-order valence-corrected chi connectivity index (χ4v) is 1.26. The van der Waals surface area contributed by atoms with Crippen molar-refractivity contribution in [3.05, 3.63) is 41.9 Å². The summed E-state index contributed by atoms with van der Waals surface area (Å²) in [6, 6.07) is 5.61. The lowest BCUT2D eigenvalue weighted by Crippen LogP contribution is -2.26. The van der Waals surface area contributed by atoms with E-state index >= 15 is 0 Å². The maximum Gasteiger partial charge on any atom is 0.263 e. The predicted octanol–water partition coefficient (Wildman–Crippen LogP) is 1.10. The molecule has 0 spiro atoms. The number of nitrogens with one attached hydrogen (secondary N) is 2. The highest BCUT2D eigenvalue weighted by Crippen LogP contribution is 1.96. The molecule has 0 radical (unpaired) electrons. The predicted molar refractivity (Wildman–Crippen MR) is 68.1 cm³/mol. The first-order valence-corrected chi connectivity index (χ1v) is 5.78. The maximum absolute atomic E-state index is 11.5. The van der Waals surface area contributed by atoms with E-state index in [1.807, 2.05) is 25.1 Å². The lowest BCUT2D eigenvalue weighted by atomic mass is 10.2. The molecule has 5 heteroatoms. The van der Waals surface area contributed by atoms with Gasteiger partial charge in [-0.15, -0.1) is 0 Å². The summed E-state index contributed by atoms with van der Waals surface area (Å²) in [5.41, 5.74) is 1.06. The minimum Gasteiger partial charge on any atom is -0.386 e. The van der Waals surface area contributed by atoms with Gasteiger partial charge < -0.3 is 10.6 Å². The van der Waals surface area contributed by atoms with Crippen molar-refractivity contribution in [1.29, 1.82) is 5.26 Å². The second-order valence-corrected chi connectivity index (χ2v) is 3.67. The summed E-state index contributed by atoms with van der Waals surface area (Å²) in [6.45, 7) is 3.05. The molecule has 18 heavy (non-hydrogen) atoms. The molecule has 0 aliphatic rings. The molecule has 1 aromatic heterocycles. The zero-order valence-electron chi connectivity index (χ0n) is 10.3. The summed E-state index contributed by atoms with van der Waals surface area (Å²) in [5.74, 6) is -0.349. The number of nitrogens with zero attached hydrogens (tertiary/aromatic N) is 2. The van der Waals surface area contributed by atoms with Crippen molar-refractivity contribution in [2.45, 2.75) is 19.9 Å². The van der Waals surface area contributed by atoms with Crippen molar-refractivity contribution in [2.24, 2.45) is 0 Å². The number of aromatic nitrogens is 1. The number of rotatable bonds is 6. The molecule has 0 unspecified atom stereocenters. The zero-order valence-corrected chi connectivity index (χ0v) is 10.3. The Morgan fingerprint density at radius 1 is 1.61 bits per heavy atom. The molecule has 1 amide bonds. The molecular formula is C13H16N4O. The Hall–Kier alpha value is -2.35. The first-order valence-electron chi connectivity index (χ1n) is 5.78. The maximum atomic E-state index is 11.5. The second-order valence-electron chi connectivity index (χ2n) is 3.67. The third-order valence-corrected chi connectivity index (χ3v) is 2.18. The van der Waals surface area contributed by atoms with Crippen molar-refractivity contribution in [3.8, 4) is 6.07 Å². The monoisotopic (exact) mass is 244 g/mol. The summed E-state index contributed by atoms with van der Waals surface area (Å²) in [7, 11) is 0. The number of carbonyl (C=O) groups excluding carboxylic acids is 1. The van der Waals surface area contributed by atoms with Crippen LogP contribution in [0.25, 0.3) is 0 Å². The van der Waals surface area contributed by atoms with Crippen LogP contribution in [-0.4, -0.2) is 17.4 Å². The molecule has 0 fully saturated rings. The lowest BCUT2D eigenvalue weighted by Gasteiger charge is -2.03. The molecule has 1 rings (SSSR count). The van der Waals surface area contributed by atoms with Gasteiger partial charge >= 0.3 is 0 Å². The number of pyridine rings is 1. The fraction of sp³-hybridized carbons (Fsp3) is 0.308. The summed E-state index contributed by atoms with van der Waals surface area (Å²) in [5, 5.41) is 14.4. The smallest absolute Gasteiger partial charge is 0.263 e. The Morgan fingerprint density at radius 2 is 2.44 bits per heavy atom. The van der Waals surface area contributed by atoms with Crippen LogP contribution in [0.5, 0.6) is 0 Å². The van der Waals surface area contributed by atoms with Gasteiger partial charge in [-0.1, -0.05) is 13.0 Å². The molecule has 2 N–H and O–H groups in total. The topological polar surface area (TPSA) is 77.8 Å². The minimum atomic E-state index is -0.349. The fourth-order valence-electron chi connectivity index (χ4n) is 1.26. The number of hydrogen-bond donors (Lipinski definition) is 2. The van der Waals surface area contributed by atoms with E-state index in [1.54, 1.807) is 12.4 Å². The summed E-state index contributed by atoms with van der Waals surface area (Å²) in [6.07, 6.45) is 5.69. The largest absolute Gasteiger partial charge is 0.386 e. The quantitative estimate of drug-likeness (QED) is 0.580.